The fourth-order valence-electron chi connectivity index (χ4n) is 3.42. The molecular weight excluding hydrogens is 409 g/mol. The topological polar surface area (TPSA) is 58.3 Å². The van der Waals surface area contributed by atoms with Crippen LogP contribution in [0.3, 0.4) is 0 Å². The molecule has 0 amide bonds. The van der Waals surface area contributed by atoms with Crippen LogP contribution in [-0.2, 0) is 6.30 Å². The van der Waals surface area contributed by atoms with Gasteiger partial charge in [0.25, 0.3) is 0 Å². The average Bonchev–Trinajstić information content (AvgIpc) is 3.11. The lowest BCUT2D eigenvalue weighted by atomic mass is 10.0. The van der Waals surface area contributed by atoms with E-state index < -0.39 is 6.30 Å². The summed E-state index contributed by atoms with van der Waals surface area (Å²) in [5.74, 6) is 0.803. The summed E-state index contributed by atoms with van der Waals surface area (Å²) in [5.41, 5.74) is 2.28. The number of alkyl halides is 3. The van der Waals surface area contributed by atoms with Crippen LogP contribution < -0.4 is 4.72 Å². The number of fused-ring (bicyclic) bond motifs is 1. The first-order valence-electron chi connectivity index (χ1n) is 8.96. The third-order valence-corrected chi connectivity index (χ3v) is 6.94. The van der Waals surface area contributed by atoms with E-state index in [-0.39, 0.29) is 10.7 Å². The monoisotopic (exact) mass is 426 g/mol. The highest BCUT2D eigenvalue weighted by molar-refractivity contribution is 7.98. The van der Waals surface area contributed by atoms with Crippen molar-refractivity contribution in [2.45, 2.75) is 36.9 Å². The normalized spacial score (nSPS) is 22.6. The van der Waals surface area contributed by atoms with Gasteiger partial charge in [-0.25, -0.2) is 4.98 Å². The van der Waals surface area contributed by atoms with Crippen LogP contribution in [0.2, 0.25) is 0 Å². The molecule has 1 atom stereocenters. The van der Waals surface area contributed by atoms with E-state index in [1.54, 1.807) is 18.1 Å². The molecule has 2 fully saturated rings. The second-order valence-electron chi connectivity index (χ2n) is 6.99. The number of nitrogens with one attached hydrogen (secondary N) is 1. The van der Waals surface area contributed by atoms with E-state index in [0.717, 1.165) is 41.3 Å². The van der Waals surface area contributed by atoms with Crippen molar-refractivity contribution in [2.75, 3.05) is 13.1 Å². The molecular formula is C17H17F3N6S2. The molecule has 0 bridgehead atoms. The second-order valence-corrected chi connectivity index (χ2v) is 9.02. The Morgan fingerprint density at radius 1 is 1.29 bits per heavy atom. The van der Waals surface area contributed by atoms with E-state index in [9.17, 15) is 13.2 Å². The zero-order chi connectivity index (χ0) is 19.3. The predicted molar refractivity (Wildman–Crippen MR) is 103 cm³/mol. The summed E-state index contributed by atoms with van der Waals surface area (Å²) >= 11 is 3.29. The van der Waals surface area contributed by atoms with Crippen LogP contribution in [0.1, 0.15) is 29.8 Å². The summed E-state index contributed by atoms with van der Waals surface area (Å²) in [5, 5.41) is 6.91. The van der Waals surface area contributed by atoms with Crippen molar-refractivity contribution in [3.63, 3.8) is 0 Å². The van der Waals surface area contributed by atoms with Crippen molar-refractivity contribution in [1.29, 1.82) is 0 Å². The lowest BCUT2D eigenvalue weighted by Crippen LogP contribution is -2.35. The molecule has 4 heterocycles. The summed E-state index contributed by atoms with van der Waals surface area (Å²) in [6.45, 7) is 1.05. The molecule has 28 heavy (non-hydrogen) atoms. The Hall–Kier alpha value is -1.85. The van der Waals surface area contributed by atoms with Gasteiger partial charge in [-0.1, -0.05) is 11.9 Å². The van der Waals surface area contributed by atoms with Crippen molar-refractivity contribution in [3.8, 4) is 0 Å². The molecule has 0 radical (unpaired) electrons. The van der Waals surface area contributed by atoms with Crippen LogP contribution in [0, 0.1) is 0 Å². The average molecular weight is 426 g/mol. The van der Waals surface area contributed by atoms with Gasteiger partial charge < -0.3 is 4.90 Å². The minimum absolute atomic E-state index is 0.0495. The predicted octanol–water partition coefficient (Wildman–Crippen LogP) is 3.46. The lowest BCUT2D eigenvalue weighted by Gasteiger charge is -2.27. The van der Waals surface area contributed by atoms with Crippen molar-refractivity contribution < 1.29 is 13.2 Å². The van der Waals surface area contributed by atoms with E-state index >= 15 is 0 Å². The summed E-state index contributed by atoms with van der Waals surface area (Å²) in [4.78, 5) is 11.1. The van der Waals surface area contributed by atoms with E-state index in [0.29, 0.717) is 17.4 Å². The first-order chi connectivity index (χ1) is 13.5. The highest BCUT2D eigenvalue weighted by Crippen LogP contribution is 2.38. The van der Waals surface area contributed by atoms with Gasteiger partial charge in [-0.3, -0.25) is 9.71 Å². The highest BCUT2D eigenvalue weighted by Gasteiger charge is 2.38. The fourth-order valence-corrected chi connectivity index (χ4v) is 4.99. The van der Waals surface area contributed by atoms with Crippen LogP contribution in [0.25, 0.3) is 5.57 Å². The van der Waals surface area contributed by atoms with Gasteiger partial charge in [0.15, 0.2) is 10.8 Å². The fraction of sp³-hybridized carbons (Fsp3) is 0.471. The van der Waals surface area contributed by atoms with E-state index in [2.05, 4.69) is 24.7 Å². The minimum Gasteiger partial charge on any atom is -0.326 e. The summed E-state index contributed by atoms with van der Waals surface area (Å²) in [6, 6.07) is 0.219. The Kier molecular flexibility index (Phi) is 4.48. The van der Waals surface area contributed by atoms with E-state index in [4.69, 9.17) is 0 Å². The maximum absolute atomic E-state index is 13.0. The largest absolute Gasteiger partial charge is 0.504 e. The van der Waals surface area contributed by atoms with E-state index in [1.165, 1.54) is 30.4 Å². The summed E-state index contributed by atoms with van der Waals surface area (Å²) in [6.07, 6.45) is 2.77. The van der Waals surface area contributed by atoms with Gasteiger partial charge in [-0.2, -0.15) is 9.78 Å². The number of nitrogens with zero attached hydrogens (tertiary/aromatic N) is 5. The van der Waals surface area contributed by atoms with Crippen molar-refractivity contribution >= 4 is 34.7 Å². The molecule has 11 heteroatoms. The summed E-state index contributed by atoms with van der Waals surface area (Å²) in [7, 11) is 0. The van der Waals surface area contributed by atoms with Crippen LogP contribution in [-0.4, -0.2) is 49.9 Å². The summed E-state index contributed by atoms with van der Waals surface area (Å²) < 4.78 is 42.5. The molecule has 1 N–H and O–H groups in total. The second kappa shape index (κ2) is 6.89. The van der Waals surface area contributed by atoms with Gasteiger partial charge in [0, 0.05) is 58.9 Å². The molecule has 2 aromatic heterocycles. The number of halogens is 3. The first kappa shape index (κ1) is 18.2. The van der Waals surface area contributed by atoms with Gasteiger partial charge in [0.05, 0.1) is 12.7 Å². The molecule has 6 nitrogen and oxygen atoms in total. The Morgan fingerprint density at radius 2 is 2.14 bits per heavy atom. The Balaban J connectivity index is 1.46. The number of aromatic nitrogens is 3. The quantitative estimate of drug-likeness (QED) is 0.742. The van der Waals surface area contributed by atoms with Crippen LogP contribution in [0.5, 0.6) is 0 Å². The van der Waals surface area contributed by atoms with Crippen molar-refractivity contribution in [2.24, 2.45) is 4.99 Å². The molecule has 0 spiro atoms. The Morgan fingerprint density at radius 3 is 2.82 bits per heavy atom. The Labute approximate surface area is 167 Å². The van der Waals surface area contributed by atoms with Crippen LogP contribution in [0.4, 0.5) is 13.2 Å². The molecule has 148 valence electrons. The number of amidine groups is 1. The van der Waals surface area contributed by atoms with E-state index in [1.807, 2.05) is 5.38 Å². The standard InChI is InChI=1S/C17H17F3N6S2/c18-17(19,20)26-8-10(6-23-26)13-7-22-15(16-21-3-4-27-16)25-9-11(5-14(13)25)24-28-12-1-2-12/h3-4,6,8,11-12,24H,1-2,5,7,9H2. The maximum atomic E-state index is 13.0. The van der Waals surface area contributed by atoms with Gasteiger partial charge in [-0.15, -0.1) is 24.5 Å². The molecule has 1 saturated carbocycles. The number of aliphatic imine (C=N–C) groups is 1. The highest BCUT2D eigenvalue weighted by atomic mass is 32.2. The number of hydrogen-bond acceptors (Lipinski definition) is 7. The van der Waals surface area contributed by atoms with Gasteiger partial charge in [0.2, 0.25) is 0 Å². The van der Waals surface area contributed by atoms with Crippen molar-refractivity contribution in [3.05, 3.63) is 40.2 Å². The first-order valence-corrected chi connectivity index (χ1v) is 10.7. The molecule has 0 aromatic carbocycles. The number of thiazole rings is 1. The van der Waals surface area contributed by atoms with Gasteiger partial charge in [-0.05, 0) is 12.8 Å². The van der Waals surface area contributed by atoms with Gasteiger partial charge in [0.1, 0.15) is 0 Å². The molecule has 1 aliphatic carbocycles. The van der Waals surface area contributed by atoms with Crippen molar-refractivity contribution in [1.82, 2.24) is 24.4 Å². The Bertz CT molecular complexity index is 929. The third kappa shape index (κ3) is 3.46. The smallest absolute Gasteiger partial charge is 0.326 e. The lowest BCUT2D eigenvalue weighted by molar-refractivity contribution is -0.212. The van der Waals surface area contributed by atoms with Crippen LogP contribution >= 0.6 is 23.3 Å². The molecule has 2 aromatic rings. The molecule has 2 aliphatic heterocycles. The molecule has 5 rings (SSSR count). The molecule has 1 unspecified atom stereocenters. The maximum Gasteiger partial charge on any atom is 0.504 e. The number of hydrogen-bond donors (Lipinski definition) is 1. The number of rotatable bonds is 5. The molecule has 1 saturated heterocycles. The third-order valence-electron chi connectivity index (χ3n) is 4.90. The van der Waals surface area contributed by atoms with Gasteiger partial charge >= 0.3 is 6.30 Å². The SMILES string of the molecule is FC(F)(F)n1cc(C2=C3CC(NSC4CC4)CN3C(c3nccs3)=NC2)cn1. The zero-order valence-electron chi connectivity index (χ0n) is 14.7. The molecule has 3 aliphatic rings. The minimum atomic E-state index is -4.52. The van der Waals surface area contributed by atoms with Crippen LogP contribution in [0.15, 0.2) is 34.7 Å². The zero-order valence-corrected chi connectivity index (χ0v) is 16.3.